The van der Waals surface area contributed by atoms with E-state index in [2.05, 4.69) is 4.90 Å². The van der Waals surface area contributed by atoms with Crippen molar-refractivity contribution in [3.05, 3.63) is 35.9 Å². The number of piperazine rings is 1. The number of amides is 1. The maximum Gasteiger partial charge on any atom is 0.410 e. The molecule has 1 aliphatic heterocycles. The molecular weight excluding hydrogens is 292 g/mol. The fourth-order valence-corrected chi connectivity index (χ4v) is 2.62. The average Bonchev–Trinajstić information content (AvgIpc) is 2.48. The summed E-state index contributed by atoms with van der Waals surface area (Å²) in [5.41, 5.74) is 0.245. The molecule has 0 N–H and O–H groups in total. The van der Waals surface area contributed by atoms with Crippen molar-refractivity contribution in [2.45, 2.75) is 39.3 Å². The Morgan fingerprint density at radius 1 is 1.17 bits per heavy atom. The van der Waals surface area contributed by atoms with E-state index >= 15 is 0 Å². The highest BCUT2D eigenvalue weighted by Gasteiger charge is 2.30. The predicted molar refractivity (Wildman–Crippen MR) is 89.6 cm³/mol. The highest BCUT2D eigenvalue weighted by Crippen LogP contribution is 2.15. The highest BCUT2D eigenvalue weighted by molar-refractivity contribution is 5.97. The van der Waals surface area contributed by atoms with Gasteiger partial charge in [-0.3, -0.25) is 9.69 Å². The first-order valence-corrected chi connectivity index (χ1v) is 8.06. The zero-order valence-electron chi connectivity index (χ0n) is 14.4. The normalized spacial score (nSPS) is 19.5. The molecule has 1 aliphatic rings. The molecule has 1 aromatic carbocycles. The third-order valence-corrected chi connectivity index (χ3v) is 3.86. The Balaban J connectivity index is 1.89. The fourth-order valence-electron chi connectivity index (χ4n) is 2.62. The van der Waals surface area contributed by atoms with Crippen LogP contribution in [-0.2, 0) is 4.74 Å². The molecule has 0 bridgehead atoms. The lowest BCUT2D eigenvalue weighted by Gasteiger charge is -2.39. The molecule has 126 valence electrons. The second-order valence-corrected chi connectivity index (χ2v) is 7.04. The number of hydrogen-bond acceptors (Lipinski definition) is 4. The van der Waals surface area contributed by atoms with E-state index in [1.165, 1.54) is 0 Å². The van der Waals surface area contributed by atoms with Crippen LogP contribution in [0.15, 0.2) is 30.3 Å². The third-order valence-electron chi connectivity index (χ3n) is 3.86. The summed E-state index contributed by atoms with van der Waals surface area (Å²) in [6.07, 6.45) is -0.279. The summed E-state index contributed by atoms with van der Waals surface area (Å²) in [6, 6.07) is 9.45. The maximum absolute atomic E-state index is 12.3. The van der Waals surface area contributed by atoms with Gasteiger partial charge in [0.25, 0.3) is 0 Å². The lowest BCUT2D eigenvalue weighted by atomic mass is 10.1. The average molecular weight is 318 g/mol. The maximum atomic E-state index is 12.3. The van der Waals surface area contributed by atoms with E-state index < -0.39 is 5.60 Å². The second-order valence-electron chi connectivity index (χ2n) is 7.04. The molecule has 0 saturated carbocycles. The van der Waals surface area contributed by atoms with Crippen LogP contribution in [0.3, 0.4) is 0 Å². The molecule has 1 aromatic rings. The van der Waals surface area contributed by atoms with Crippen molar-refractivity contribution in [2.75, 3.05) is 26.2 Å². The van der Waals surface area contributed by atoms with E-state index in [0.29, 0.717) is 26.2 Å². The quantitative estimate of drug-likeness (QED) is 0.804. The number of carbonyl (C=O) groups is 2. The smallest absolute Gasteiger partial charge is 0.410 e. The minimum Gasteiger partial charge on any atom is -0.444 e. The van der Waals surface area contributed by atoms with E-state index in [9.17, 15) is 9.59 Å². The molecule has 1 amide bonds. The van der Waals surface area contributed by atoms with Gasteiger partial charge in [-0.1, -0.05) is 30.3 Å². The van der Waals surface area contributed by atoms with E-state index in [0.717, 1.165) is 5.56 Å². The van der Waals surface area contributed by atoms with E-state index in [1.807, 2.05) is 58.0 Å². The van der Waals surface area contributed by atoms with Gasteiger partial charge in [0.1, 0.15) is 5.60 Å². The predicted octanol–water partition coefficient (Wildman–Crippen LogP) is 2.81. The van der Waals surface area contributed by atoms with Crippen LogP contribution in [0, 0.1) is 0 Å². The minimum atomic E-state index is -0.485. The molecule has 1 saturated heterocycles. The van der Waals surface area contributed by atoms with Crippen molar-refractivity contribution in [3.63, 3.8) is 0 Å². The topological polar surface area (TPSA) is 49.9 Å². The van der Waals surface area contributed by atoms with Crippen molar-refractivity contribution in [2.24, 2.45) is 0 Å². The summed E-state index contributed by atoms with van der Waals surface area (Å²) < 4.78 is 5.41. The molecular formula is C18H26N2O3. The Hall–Kier alpha value is -1.88. The fraction of sp³-hybridized carbons (Fsp3) is 0.556. The van der Waals surface area contributed by atoms with Crippen LogP contribution in [-0.4, -0.2) is 59.5 Å². The van der Waals surface area contributed by atoms with Crippen molar-refractivity contribution in [1.29, 1.82) is 0 Å². The number of ketones is 1. The molecule has 1 atom stereocenters. The molecule has 0 aliphatic carbocycles. The monoisotopic (exact) mass is 318 g/mol. The van der Waals surface area contributed by atoms with Gasteiger partial charge >= 0.3 is 6.09 Å². The van der Waals surface area contributed by atoms with Crippen LogP contribution in [0.1, 0.15) is 38.1 Å². The first-order valence-electron chi connectivity index (χ1n) is 8.06. The van der Waals surface area contributed by atoms with E-state index in [1.54, 1.807) is 4.90 Å². The van der Waals surface area contributed by atoms with Gasteiger partial charge in [0.05, 0.1) is 6.54 Å². The van der Waals surface area contributed by atoms with Crippen LogP contribution in [0.2, 0.25) is 0 Å². The Bertz CT molecular complexity index is 551. The number of ether oxygens (including phenoxy) is 1. The van der Waals surface area contributed by atoms with Gasteiger partial charge < -0.3 is 9.64 Å². The van der Waals surface area contributed by atoms with Crippen LogP contribution in [0.4, 0.5) is 4.79 Å². The lowest BCUT2D eigenvalue weighted by Crippen LogP contribution is -2.55. The van der Waals surface area contributed by atoms with Crippen molar-refractivity contribution >= 4 is 11.9 Å². The number of nitrogens with zero attached hydrogens (tertiary/aromatic N) is 2. The molecule has 1 fully saturated rings. The molecule has 1 unspecified atom stereocenters. The molecule has 5 heteroatoms. The molecule has 23 heavy (non-hydrogen) atoms. The Labute approximate surface area is 138 Å². The minimum absolute atomic E-state index is 0.114. The second kappa shape index (κ2) is 7.13. The Morgan fingerprint density at radius 3 is 2.39 bits per heavy atom. The number of benzene rings is 1. The summed E-state index contributed by atoms with van der Waals surface area (Å²) >= 11 is 0. The first-order chi connectivity index (χ1) is 10.8. The summed E-state index contributed by atoms with van der Waals surface area (Å²) in [5.74, 6) is 0.114. The number of rotatable bonds is 3. The van der Waals surface area contributed by atoms with Gasteiger partial charge in [-0.05, 0) is 27.7 Å². The molecule has 0 aromatic heterocycles. The summed E-state index contributed by atoms with van der Waals surface area (Å²) in [7, 11) is 0. The zero-order valence-corrected chi connectivity index (χ0v) is 14.4. The highest BCUT2D eigenvalue weighted by atomic mass is 16.6. The van der Waals surface area contributed by atoms with Gasteiger partial charge in [-0.2, -0.15) is 0 Å². The summed E-state index contributed by atoms with van der Waals surface area (Å²) in [5, 5.41) is 0. The standard InChI is InChI=1S/C18H26N2O3/c1-14-12-20(17(22)23-18(2,3)4)11-10-19(14)13-16(21)15-8-6-5-7-9-15/h5-9,14H,10-13H2,1-4H3. The summed E-state index contributed by atoms with van der Waals surface area (Å²) in [6.45, 7) is 9.86. The molecule has 1 heterocycles. The molecule has 0 spiro atoms. The van der Waals surface area contributed by atoms with Crippen LogP contribution >= 0.6 is 0 Å². The molecule has 0 radical (unpaired) electrons. The van der Waals surface area contributed by atoms with Crippen LogP contribution in [0.5, 0.6) is 0 Å². The third kappa shape index (κ3) is 5.06. The van der Waals surface area contributed by atoms with Crippen molar-refractivity contribution in [1.82, 2.24) is 9.80 Å². The summed E-state index contributed by atoms with van der Waals surface area (Å²) in [4.78, 5) is 28.3. The Kier molecular flexibility index (Phi) is 5.42. The van der Waals surface area contributed by atoms with Gasteiger partial charge in [0.2, 0.25) is 0 Å². The SMILES string of the molecule is CC1CN(C(=O)OC(C)(C)C)CCN1CC(=O)c1ccccc1. The van der Waals surface area contributed by atoms with Gasteiger partial charge in [0, 0.05) is 31.2 Å². The molecule has 5 nitrogen and oxygen atoms in total. The first kappa shape index (κ1) is 17.5. The zero-order chi connectivity index (χ0) is 17.0. The Morgan fingerprint density at radius 2 is 1.83 bits per heavy atom. The van der Waals surface area contributed by atoms with E-state index in [-0.39, 0.29) is 17.9 Å². The largest absolute Gasteiger partial charge is 0.444 e. The van der Waals surface area contributed by atoms with Gasteiger partial charge in [-0.25, -0.2) is 4.79 Å². The van der Waals surface area contributed by atoms with Crippen LogP contribution < -0.4 is 0 Å². The van der Waals surface area contributed by atoms with Gasteiger partial charge in [-0.15, -0.1) is 0 Å². The number of hydrogen-bond donors (Lipinski definition) is 0. The van der Waals surface area contributed by atoms with Crippen LogP contribution in [0.25, 0.3) is 0 Å². The van der Waals surface area contributed by atoms with Crippen molar-refractivity contribution in [3.8, 4) is 0 Å². The van der Waals surface area contributed by atoms with E-state index in [4.69, 9.17) is 4.74 Å². The van der Waals surface area contributed by atoms with Crippen molar-refractivity contribution < 1.29 is 14.3 Å². The number of carbonyl (C=O) groups excluding carboxylic acids is 2. The number of Topliss-reactive ketones (excluding diaryl/α,β-unsaturated/α-hetero) is 1. The lowest BCUT2D eigenvalue weighted by molar-refractivity contribution is 0.00658. The van der Waals surface area contributed by atoms with Gasteiger partial charge in [0.15, 0.2) is 5.78 Å². The molecule has 2 rings (SSSR count).